The Morgan fingerprint density at radius 1 is 1.47 bits per heavy atom. The quantitative estimate of drug-likeness (QED) is 0.375. The zero-order valence-corrected chi connectivity index (χ0v) is 9.54. The fourth-order valence-corrected chi connectivity index (χ4v) is 3.61. The molecule has 1 atom stereocenters. The Labute approximate surface area is 96.0 Å². The maximum absolute atomic E-state index is 11.6. The normalized spacial score (nSPS) is 30.8. The molecule has 0 spiro atoms. The van der Waals surface area contributed by atoms with Gasteiger partial charge in [0.05, 0.1) is 7.11 Å². The van der Waals surface area contributed by atoms with Crippen LogP contribution in [0.1, 0.15) is 0 Å². The number of hydrogen-bond donors (Lipinski definition) is 2. The molecule has 17 heavy (non-hydrogen) atoms. The van der Waals surface area contributed by atoms with E-state index in [4.69, 9.17) is 0 Å². The Balaban J connectivity index is 2.50. The molecule has 2 amide bonds. The summed E-state index contributed by atoms with van der Waals surface area (Å²) in [6.45, 7) is 0. The average Bonchev–Trinajstić information content (AvgIpc) is 2.56. The van der Waals surface area contributed by atoms with Gasteiger partial charge >= 0.3 is 17.8 Å². The number of carbonyl (C=O) groups excluding carboxylic acids is 3. The number of sulfone groups is 1. The van der Waals surface area contributed by atoms with Crippen molar-refractivity contribution in [3.05, 3.63) is 0 Å². The molecule has 0 aromatic heterocycles. The van der Waals surface area contributed by atoms with Crippen molar-refractivity contribution < 1.29 is 27.5 Å². The molecular weight excluding hydrogens is 254 g/mol. The number of nitrogens with zero attached hydrogens (tertiary/aromatic N) is 1. The Hall–Kier alpha value is -1.68. The first kappa shape index (κ1) is 11.8. The lowest BCUT2D eigenvalue weighted by atomic mass is 10.1. The van der Waals surface area contributed by atoms with E-state index in [2.05, 4.69) is 10.2 Å². The number of esters is 1. The van der Waals surface area contributed by atoms with E-state index in [9.17, 15) is 22.8 Å². The Morgan fingerprint density at radius 2 is 2.12 bits per heavy atom. The van der Waals surface area contributed by atoms with Crippen LogP contribution in [0.4, 0.5) is 0 Å². The van der Waals surface area contributed by atoms with E-state index < -0.39 is 44.9 Å². The van der Waals surface area contributed by atoms with Gasteiger partial charge in [-0.25, -0.2) is 13.2 Å². The molecule has 2 rings (SSSR count). The van der Waals surface area contributed by atoms with E-state index in [1.165, 1.54) is 0 Å². The van der Waals surface area contributed by atoms with Gasteiger partial charge in [-0.1, -0.05) is 0 Å². The van der Waals surface area contributed by atoms with E-state index in [0.717, 1.165) is 7.11 Å². The summed E-state index contributed by atoms with van der Waals surface area (Å²) in [6.07, 6.45) is 0. The molecule has 2 saturated heterocycles. The summed E-state index contributed by atoms with van der Waals surface area (Å²) >= 11 is 0. The van der Waals surface area contributed by atoms with Crippen LogP contribution in [-0.2, 0) is 29.0 Å². The van der Waals surface area contributed by atoms with Gasteiger partial charge in [0.25, 0.3) is 0 Å². The molecule has 0 unspecified atom stereocenters. The largest absolute Gasteiger partial charge is 0.466 e. The molecule has 2 aliphatic rings. The van der Waals surface area contributed by atoms with Gasteiger partial charge in [0, 0.05) is 0 Å². The van der Waals surface area contributed by atoms with Crippen molar-refractivity contribution in [1.82, 2.24) is 15.8 Å². The first-order valence-corrected chi connectivity index (χ1v) is 6.32. The number of hydrazine groups is 1. The highest BCUT2D eigenvalue weighted by Crippen LogP contribution is 2.27. The number of amides is 2. The third-order valence-corrected chi connectivity index (χ3v) is 4.07. The van der Waals surface area contributed by atoms with E-state index in [1.807, 2.05) is 5.43 Å². The number of carbonyl (C=O) groups is 3. The first-order chi connectivity index (χ1) is 7.82. The zero-order chi connectivity index (χ0) is 12.8. The maximum Gasteiger partial charge on any atom is 0.349 e. The van der Waals surface area contributed by atoms with Crippen LogP contribution in [0.5, 0.6) is 0 Å². The average molecular weight is 263 g/mol. The molecule has 0 radical (unpaired) electrons. The lowest BCUT2D eigenvalue weighted by Gasteiger charge is -2.37. The molecule has 2 N–H and O–H groups in total. The molecule has 0 aliphatic carbocycles. The summed E-state index contributed by atoms with van der Waals surface area (Å²) in [5, 5.41) is 0. The van der Waals surface area contributed by atoms with Crippen LogP contribution in [0.15, 0.2) is 0 Å². The number of hydrogen-bond acceptors (Lipinski definition) is 7. The van der Waals surface area contributed by atoms with Gasteiger partial charge in [-0.15, -0.1) is 0 Å². The maximum atomic E-state index is 11.6. The summed E-state index contributed by atoms with van der Waals surface area (Å²) < 4.78 is 27.4. The van der Waals surface area contributed by atoms with Gasteiger partial charge in [-0.3, -0.25) is 19.9 Å². The minimum atomic E-state index is -3.65. The second-order valence-corrected chi connectivity index (χ2v) is 5.72. The fraction of sp³-hybridized carbons (Fsp3) is 0.571. The Kier molecular flexibility index (Phi) is 2.36. The second-order valence-electron chi connectivity index (χ2n) is 3.68. The van der Waals surface area contributed by atoms with Crippen LogP contribution in [0, 0.1) is 0 Å². The summed E-state index contributed by atoms with van der Waals surface area (Å²) in [5.41, 5.74) is 2.32. The lowest BCUT2D eigenvalue weighted by Crippen LogP contribution is -2.75. The van der Waals surface area contributed by atoms with Crippen molar-refractivity contribution >= 4 is 27.6 Å². The molecule has 10 heteroatoms. The van der Waals surface area contributed by atoms with E-state index >= 15 is 0 Å². The molecule has 0 saturated carbocycles. The predicted molar refractivity (Wildman–Crippen MR) is 51.5 cm³/mol. The third kappa shape index (κ3) is 1.56. The molecule has 2 heterocycles. The first-order valence-electron chi connectivity index (χ1n) is 4.50. The summed E-state index contributed by atoms with van der Waals surface area (Å²) in [6, 6.07) is 0. The van der Waals surface area contributed by atoms with E-state index in [1.54, 1.807) is 0 Å². The minimum absolute atomic E-state index is 0.640. The van der Waals surface area contributed by atoms with Crippen LogP contribution >= 0.6 is 0 Å². The molecule has 2 aliphatic heterocycles. The molecule has 9 nitrogen and oxygen atoms in total. The summed E-state index contributed by atoms with van der Waals surface area (Å²) in [4.78, 5) is 34.9. The fourth-order valence-electron chi connectivity index (χ4n) is 1.81. The highest BCUT2D eigenvalue weighted by molar-refractivity contribution is 7.91. The Bertz CT molecular complexity index is 514. The summed E-state index contributed by atoms with van der Waals surface area (Å²) in [7, 11) is -2.59. The lowest BCUT2D eigenvalue weighted by molar-refractivity contribution is -0.169. The van der Waals surface area contributed by atoms with Crippen molar-refractivity contribution in [1.29, 1.82) is 0 Å². The summed E-state index contributed by atoms with van der Waals surface area (Å²) in [5.74, 6) is -4.40. The SMILES string of the molecule is COC(=O)[C@]12CS(=O)(=O)CN1C(=O)C(=O)NN2. The van der Waals surface area contributed by atoms with Gasteiger partial charge in [0.15, 0.2) is 9.84 Å². The van der Waals surface area contributed by atoms with Crippen LogP contribution in [0.3, 0.4) is 0 Å². The Morgan fingerprint density at radius 3 is 2.71 bits per heavy atom. The van der Waals surface area contributed by atoms with Crippen molar-refractivity contribution in [3.63, 3.8) is 0 Å². The van der Waals surface area contributed by atoms with E-state index in [-0.39, 0.29) is 0 Å². The number of ether oxygens (including phenoxy) is 1. The number of nitrogens with one attached hydrogen (secondary N) is 2. The van der Waals surface area contributed by atoms with Crippen molar-refractivity contribution in [2.24, 2.45) is 0 Å². The molecule has 0 bridgehead atoms. The predicted octanol–water partition coefficient (Wildman–Crippen LogP) is -3.30. The van der Waals surface area contributed by atoms with E-state index in [0.29, 0.717) is 4.90 Å². The van der Waals surface area contributed by atoms with Crippen LogP contribution in [-0.4, -0.2) is 55.5 Å². The smallest absolute Gasteiger partial charge is 0.349 e. The van der Waals surface area contributed by atoms with Crippen LogP contribution < -0.4 is 10.9 Å². The molecular formula is C7H9N3O6S. The van der Waals surface area contributed by atoms with Crippen molar-refractivity contribution in [3.8, 4) is 0 Å². The van der Waals surface area contributed by atoms with Gasteiger partial charge in [0.2, 0.25) is 5.66 Å². The van der Waals surface area contributed by atoms with Crippen molar-refractivity contribution in [2.45, 2.75) is 5.66 Å². The highest BCUT2D eigenvalue weighted by Gasteiger charge is 2.60. The van der Waals surface area contributed by atoms with Crippen molar-refractivity contribution in [2.75, 3.05) is 18.7 Å². The highest BCUT2D eigenvalue weighted by atomic mass is 32.2. The molecule has 94 valence electrons. The minimum Gasteiger partial charge on any atom is -0.466 e. The van der Waals surface area contributed by atoms with Gasteiger partial charge in [0.1, 0.15) is 11.6 Å². The molecule has 2 fully saturated rings. The van der Waals surface area contributed by atoms with Gasteiger partial charge < -0.3 is 4.74 Å². The van der Waals surface area contributed by atoms with Crippen LogP contribution in [0.25, 0.3) is 0 Å². The zero-order valence-electron chi connectivity index (χ0n) is 8.72. The van der Waals surface area contributed by atoms with Gasteiger partial charge in [-0.2, -0.15) is 5.43 Å². The number of fused-ring (bicyclic) bond motifs is 1. The number of methoxy groups -OCH3 is 1. The monoisotopic (exact) mass is 263 g/mol. The standard InChI is InChI=1S/C7H9N3O6S/c1-16-6(13)7-2-17(14,15)3-10(7)5(12)4(11)8-9-7/h9H,2-3H2,1H3,(H,8,11)/t7-/m0/s1. The topological polar surface area (TPSA) is 122 Å². The molecule has 0 aromatic carbocycles. The molecule has 0 aromatic rings. The number of rotatable bonds is 1. The third-order valence-electron chi connectivity index (χ3n) is 2.56. The second kappa shape index (κ2) is 3.40. The van der Waals surface area contributed by atoms with Crippen LogP contribution in [0.2, 0.25) is 0 Å². The van der Waals surface area contributed by atoms with Gasteiger partial charge in [-0.05, 0) is 0 Å².